The third-order valence-corrected chi connectivity index (χ3v) is 6.78. The van der Waals surface area contributed by atoms with Crippen molar-refractivity contribution >= 4 is 22.6 Å². The van der Waals surface area contributed by atoms with Crippen molar-refractivity contribution in [1.82, 2.24) is 0 Å². The molecule has 3 nitrogen and oxygen atoms in total. The van der Waals surface area contributed by atoms with Crippen LogP contribution in [0.4, 0.5) is 11.4 Å². The molecule has 0 fully saturated rings. The number of allylic oxidation sites excluding steroid dienone is 3. The summed E-state index contributed by atoms with van der Waals surface area (Å²) in [5.74, 6) is 0. The third kappa shape index (κ3) is 4.58. The monoisotopic (exact) mass is 457 g/mol. The zero-order valence-corrected chi connectivity index (χ0v) is 20.3. The highest BCUT2D eigenvalue weighted by atomic mass is 15.4. The van der Waals surface area contributed by atoms with Crippen LogP contribution >= 0.6 is 0 Å². The van der Waals surface area contributed by atoms with Crippen LogP contribution in [-0.4, -0.2) is 14.1 Å². The Morgan fingerprint density at radius 1 is 0.686 bits per heavy atom. The molecule has 0 unspecified atom stereocenters. The lowest BCUT2D eigenvalue weighted by Gasteiger charge is -2.30. The topological polar surface area (TPSA) is 32.5 Å². The number of rotatable bonds is 6. The van der Waals surface area contributed by atoms with E-state index in [1.807, 2.05) is 36.4 Å². The molecule has 0 spiro atoms. The van der Waals surface area contributed by atoms with E-state index < -0.39 is 0 Å². The number of para-hydroxylation sites is 2. The van der Waals surface area contributed by atoms with E-state index in [2.05, 4.69) is 109 Å². The van der Waals surface area contributed by atoms with Gasteiger partial charge in [-0.3, -0.25) is 0 Å². The first-order valence-corrected chi connectivity index (χ1v) is 12.0. The van der Waals surface area contributed by atoms with Crippen molar-refractivity contribution in [2.24, 2.45) is 5.73 Å². The maximum absolute atomic E-state index is 6.52. The first kappa shape index (κ1) is 22.5. The Hall–Kier alpha value is -4.24. The lowest BCUT2D eigenvalue weighted by molar-refractivity contribution is 0.688. The summed E-state index contributed by atoms with van der Waals surface area (Å²) in [7, 11) is 4.36. The van der Waals surface area contributed by atoms with Crippen LogP contribution in [0, 0.1) is 0 Å². The van der Waals surface area contributed by atoms with Crippen molar-refractivity contribution < 1.29 is 0 Å². The van der Waals surface area contributed by atoms with Gasteiger partial charge in [-0.2, -0.15) is 0 Å². The van der Waals surface area contributed by atoms with Gasteiger partial charge in [-0.15, -0.1) is 0 Å². The average Bonchev–Trinajstić information content (AvgIpc) is 3.17. The average molecular weight is 458 g/mol. The van der Waals surface area contributed by atoms with Crippen LogP contribution in [-0.2, 0) is 6.42 Å². The van der Waals surface area contributed by atoms with Gasteiger partial charge in [0.2, 0.25) is 0 Å². The maximum Gasteiger partial charge on any atom is 0.128 e. The highest BCUT2D eigenvalue weighted by molar-refractivity contribution is 5.83. The van der Waals surface area contributed by atoms with E-state index in [4.69, 9.17) is 5.73 Å². The Bertz CT molecular complexity index is 1330. The third-order valence-electron chi connectivity index (χ3n) is 6.78. The van der Waals surface area contributed by atoms with Gasteiger partial charge < -0.3 is 15.5 Å². The van der Waals surface area contributed by atoms with Crippen molar-refractivity contribution in [2.75, 3.05) is 23.9 Å². The number of hydrogen-bond acceptors (Lipinski definition) is 3. The second-order valence-corrected chi connectivity index (χ2v) is 8.98. The van der Waals surface area contributed by atoms with E-state index in [1.165, 1.54) is 22.5 Å². The largest absolute Gasteiger partial charge is 0.398 e. The Morgan fingerprint density at radius 2 is 1.20 bits per heavy atom. The van der Waals surface area contributed by atoms with Gasteiger partial charge in [0.1, 0.15) is 6.17 Å². The SMILES string of the molecule is CN1c2ccccc2N(C)C1c1ccccc1C/C=C(\C=C(/N)c1ccccc1)c1ccccc1. The van der Waals surface area contributed by atoms with E-state index in [9.17, 15) is 0 Å². The number of anilines is 2. The molecule has 35 heavy (non-hydrogen) atoms. The zero-order valence-electron chi connectivity index (χ0n) is 20.3. The van der Waals surface area contributed by atoms with Crippen LogP contribution < -0.4 is 15.5 Å². The minimum Gasteiger partial charge on any atom is -0.398 e. The second-order valence-electron chi connectivity index (χ2n) is 8.98. The lowest BCUT2D eigenvalue weighted by atomic mass is 9.97. The van der Waals surface area contributed by atoms with Gasteiger partial charge in [0, 0.05) is 19.8 Å². The smallest absolute Gasteiger partial charge is 0.128 e. The molecule has 4 aromatic carbocycles. The predicted molar refractivity (Wildman–Crippen MR) is 149 cm³/mol. The molecule has 0 amide bonds. The summed E-state index contributed by atoms with van der Waals surface area (Å²) < 4.78 is 0. The van der Waals surface area contributed by atoms with Gasteiger partial charge in [0.15, 0.2) is 0 Å². The van der Waals surface area contributed by atoms with Crippen molar-refractivity contribution in [3.63, 3.8) is 0 Å². The van der Waals surface area contributed by atoms with Crippen LogP contribution in [0.5, 0.6) is 0 Å². The van der Waals surface area contributed by atoms with Crippen LogP contribution in [0.25, 0.3) is 11.3 Å². The first-order chi connectivity index (χ1) is 17.1. The van der Waals surface area contributed by atoms with Crippen LogP contribution in [0.1, 0.15) is 28.4 Å². The normalized spacial score (nSPS) is 14.3. The van der Waals surface area contributed by atoms with E-state index in [0.29, 0.717) is 0 Å². The molecule has 2 N–H and O–H groups in total. The Kier molecular flexibility index (Phi) is 6.40. The fraction of sp³-hybridized carbons (Fsp3) is 0.125. The van der Waals surface area contributed by atoms with Crippen molar-refractivity contribution in [3.8, 4) is 0 Å². The number of hydrogen-bond donors (Lipinski definition) is 1. The van der Waals surface area contributed by atoms with E-state index in [1.54, 1.807) is 0 Å². The maximum atomic E-state index is 6.52. The molecule has 0 atom stereocenters. The number of fused-ring (bicyclic) bond motifs is 1. The quantitative estimate of drug-likeness (QED) is 0.320. The van der Waals surface area contributed by atoms with Gasteiger partial charge in [-0.25, -0.2) is 0 Å². The minimum atomic E-state index is 0.155. The second kappa shape index (κ2) is 9.94. The molecule has 0 aromatic heterocycles. The highest BCUT2D eigenvalue weighted by Crippen LogP contribution is 2.44. The van der Waals surface area contributed by atoms with E-state index in [0.717, 1.165) is 28.8 Å². The summed E-state index contributed by atoms with van der Waals surface area (Å²) in [6.07, 6.45) is 5.36. The summed E-state index contributed by atoms with van der Waals surface area (Å²) in [5, 5.41) is 0. The molecule has 1 heterocycles. The predicted octanol–water partition coefficient (Wildman–Crippen LogP) is 6.90. The van der Waals surface area contributed by atoms with Gasteiger partial charge >= 0.3 is 0 Å². The summed E-state index contributed by atoms with van der Waals surface area (Å²) in [6.45, 7) is 0. The molecule has 0 aliphatic carbocycles. The number of benzene rings is 4. The summed E-state index contributed by atoms with van der Waals surface area (Å²) in [6, 6.07) is 38.0. The molecule has 0 bridgehead atoms. The Morgan fingerprint density at radius 3 is 1.83 bits per heavy atom. The Balaban J connectivity index is 1.51. The van der Waals surface area contributed by atoms with Gasteiger partial charge in [-0.1, -0.05) is 103 Å². The fourth-order valence-corrected chi connectivity index (χ4v) is 4.97. The standard InChI is InChI=1S/C32H31N3/c1-34-30-19-11-12-20-31(30)35(2)32(34)28-18-10-9-15-25(28)21-22-27(24-13-5-3-6-14-24)23-29(33)26-16-7-4-8-17-26/h3-20,22-23,32H,21,33H2,1-2H3/b27-22+,29-23-. The van der Waals surface area contributed by atoms with Crippen LogP contribution in [0.3, 0.4) is 0 Å². The molecule has 0 radical (unpaired) electrons. The van der Waals surface area contributed by atoms with E-state index in [-0.39, 0.29) is 6.17 Å². The fourth-order valence-electron chi connectivity index (χ4n) is 4.97. The van der Waals surface area contributed by atoms with Crippen molar-refractivity contribution in [1.29, 1.82) is 0 Å². The molecule has 174 valence electrons. The molecule has 3 heteroatoms. The summed E-state index contributed by atoms with van der Waals surface area (Å²) in [4.78, 5) is 4.73. The molecule has 5 rings (SSSR count). The van der Waals surface area contributed by atoms with Gasteiger partial charge in [-0.05, 0) is 52.5 Å². The molecule has 0 saturated heterocycles. The van der Waals surface area contributed by atoms with E-state index >= 15 is 0 Å². The molecule has 4 aromatic rings. The van der Waals surface area contributed by atoms with Gasteiger partial charge in [0.05, 0.1) is 11.4 Å². The van der Waals surface area contributed by atoms with Gasteiger partial charge in [0.25, 0.3) is 0 Å². The number of nitrogens with two attached hydrogens (primary N) is 1. The number of nitrogens with zero attached hydrogens (tertiary/aromatic N) is 2. The van der Waals surface area contributed by atoms with Crippen molar-refractivity contribution in [2.45, 2.75) is 12.6 Å². The lowest BCUT2D eigenvalue weighted by Crippen LogP contribution is -2.31. The highest BCUT2D eigenvalue weighted by Gasteiger charge is 2.32. The zero-order chi connectivity index (χ0) is 24.2. The molecule has 1 aliphatic heterocycles. The molecule has 0 saturated carbocycles. The molecular weight excluding hydrogens is 426 g/mol. The summed E-state index contributed by atoms with van der Waals surface area (Å²) >= 11 is 0. The minimum absolute atomic E-state index is 0.155. The molecular formula is C32H31N3. The van der Waals surface area contributed by atoms with Crippen LogP contribution in [0.15, 0.2) is 121 Å². The van der Waals surface area contributed by atoms with Crippen molar-refractivity contribution in [3.05, 3.63) is 144 Å². The summed E-state index contributed by atoms with van der Waals surface area (Å²) in [5.41, 5.74) is 15.7. The molecule has 1 aliphatic rings. The van der Waals surface area contributed by atoms with Crippen LogP contribution in [0.2, 0.25) is 0 Å². The first-order valence-electron chi connectivity index (χ1n) is 12.0. The Labute approximate surface area is 208 Å².